The van der Waals surface area contributed by atoms with Gasteiger partial charge in [0.1, 0.15) is 0 Å². The average Bonchev–Trinajstić information content (AvgIpc) is 3.02. The Labute approximate surface area is 168 Å². The SMILES string of the molecule is [2H]C1C([2H])[C@]2(C)[C@@H]([C@H](C)CCC(=O)O)CC[C@H]2[C@@H]2CC[C@@H]3C[C@H](O)CC[C@]3(C)[C@@H]12. The maximum absolute atomic E-state index is 11.1. The van der Waals surface area contributed by atoms with E-state index < -0.39 is 12.4 Å². The van der Waals surface area contributed by atoms with Crippen molar-refractivity contribution in [2.75, 3.05) is 0 Å². The van der Waals surface area contributed by atoms with Crippen molar-refractivity contribution in [3.05, 3.63) is 0 Å². The normalized spacial score (nSPS) is 56.9. The lowest BCUT2D eigenvalue weighted by Crippen LogP contribution is -2.54. The number of aliphatic carboxylic acids is 1. The van der Waals surface area contributed by atoms with Gasteiger partial charge in [0.15, 0.2) is 0 Å². The molecule has 0 spiro atoms. The molecule has 2 N–H and O–H groups in total. The summed E-state index contributed by atoms with van der Waals surface area (Å²) in [6.07, 6.45) is 7.23. The molecule has 11 atom stereocenters. The molecule has 27 heavy (non-hydrogen) atoms. The second-order valence-corrected chi connectivity index (χ2v) is 10.8. The molecule has 3 heteroatoms. The molecular weight excluding hydrogens is 336 g/mol. The molecule has 4 rings (SSSR count). The summed E-state index contributed by atoms with van der Waals surface area (Å²) in [5.74, 6) is 1.74. The minimum atomic E-state index is -0.730. The minimum Gasteiger partial charge on any atom is -0.481 e. The monoisotopic (exact) mass is 378 g/mol. The largest absolute Gasteiger partial charge is 0.481 e. The van der Waals surface area contributed by atoms with Gasteiger partial charge >= 0.3 is 5.97 Å². The number of carbonyl (C=O) groups is 1. The zero-order valence-corrected chi connectivity index (χ0v) is 17.4. The summed E-state index contributed by atoms with van der Waals surface area (Å²) in [4.78, 5) is 11.1. The maximum Gasteiger partial charge on any atom is 0.303 e. The van der Waals surface area contributed by atoms with Crippen molar-refractivity contribution in [2.24, 2.45) is 46.3 Å². The Morgan fingerprint density at radius 3 is 2.67 bits per heavy atom. The van der Waals surface area contributed by atoms with E-state index in [9.17, 15) is 12.6 Å². The molecule has 0 aromatic heterocycles. The summed E-state index contributed by atoms with van der Waals surface area (Å²) < 4.78 is 18.5. The van der Waals surface area contributed by atoms with Crippen molar-refractivity contribution in [1.82, 2.24) is 0 Å². The first-order chi connectivity index (χ1) is 13.6. The first-order valence-electron chi connectivity index (χ1n) is 12.5. The topological polar surface area (TPSA) is 57.5 Å². The molecule has 154 valence electrons. The van der Waals surface area contributed by atoms with Crippen LogP contribution in [-0.2, 0) is 4.79 Å². The third kappa shape index (κ3) is 3.16. The lowest BCUT2D eigenvalue weighted by molar-refractivity contribution is -0.138. The van der Waals surface area contributed by atoms with Crippen LogP contribution >= 0.6 is 0 Å². The first-order valence-corrected chi connectivity index (χ1v) is 11.3. The fraction of sp³-hybridized carbons (Fsp3) is 0.958. The van der Waals surface area contributed by atoms with Gasteiger partial charge in [-0.25, -0.2) is 0 Å². The highest BCUT2D eigenvalue weighted by molar-refractivity contribution is 5.66. The van der Waals surface area contributed by atoms with Gasteiger partial charge in [0.05, 0.1) is 6.10 Å². The minimum absolute atomic E-state index is 0.0994. The van der Waals surface area contributed by atoms with Crippen molar-refractivity contribution < 1.29 is 17.7 Å². The van der Waals surface area contributed by atoms with Crippen molar-refractivity contribution in [3.63, 3.8) is 0 Å². The van der Waals surface area contributed by atoms with Crippen molar-refractivity contribution >= 4 is 5.97 Å². The standard InChI is InChI=1S/C24H40O3/c1-15(4-9-22(26)27)19-7-8-20-18-6-5-16-14-17(25)10-12-23(16,2)21(18)11-13-24(19,20)3/h15-21,25H,4-14H2,1-3H3,(H,26,27)/t15-,16-,17-,18+,19-,20+,21+,23+,24-/m1/s1/i11D,13D/t11?,13?,15-,16-,17-,18+,19-,20+,21+,23+,24-. The van der Waals surface area contributed by atoms with Gasteiger partial charge in [0.2, 0.25) is 0 Å². The van der Waals surface area contributed by atoms with E-state index >= 15 is 0 Å². The Morgan fingerprint density at radius 1 is 1.15 bits per heavy atom. The number of aliphatic hydroxyl groups excluding tert-OH is 1. The quantitative estimate of drug-likeness (QED) is 0.678. The molecule has 0 bridgehead atoms. The van der Waals surface area contributed by atoms with Gasteiger partial charge in [-0.05, 0) is 110 Å². The maximum atomic E-state index is 11.1. The van der Waals surface area contributed by atoms with Gasteiger partial charge in [0, 0.05) is 9.16 Å². The molecule has 3 nitrogen and oxygen atoms in total. The molecule has 2 unspecified atom stereocenters. The second-order valence-electron chi connectivity index (χ2n) is 10.8. The Bertz CT molecular complexity index is 642. The van der Waals surface area contributed by atoms with Gasteiger partial charge in [-0.3, -0.25) is 4.79 Å². The second kappa shape index (κ2) is 7.04. The first kappa shape index (κ1) is 17.3. The number of aliphatic hydroxyl groups is 1. The molecule has 0 saturated heterocycles. The average molecular weight is 379 g/mol. The number of carboxylic acids is 1. The predicted octanol–water partition coefficient (Wildman–Crippen LogP) is 5.51. The molecule has 4 aliphatic carbocycles. The van der Waals surface area contributed by atoms with Gasteiger partial charge in [-0.15, -0.1) is 0 Å². The van der Waals surface area contributed by atoms with Crippen molar-refractivity contribution in [2.45, 2.75) is 97.5 Å². The molecule has 0 aromatic carbocycles. The summed E-state index contributed by atoms with van der Waals surface area (Å²) >= 11 is 0. The summed E-state index contributed by atoms with van der Waals surface area (Å²) in [5.41, 5.74) is -0.0644. The number of fused-ring (bicyclic) bond motifs is 5. The van der Waals surface area contributed by atoms with Crippen LogP contribution in [0.1, 0.15) is 94.1 Å². The van der Waals surface area contributed by atoms with Gasteiger partial charge < -0.3 is 10.2 Å². The fourth-order valence-electron chi connectivity index (χ4n) is 8.10. The molecule has 0 aromatic rings. The number of carboxylic acid groups (broad SMARTS) is 1. The molecule has 4 aliphatic rings. The molecule has 0 radical (unpaired) electrons. The lowest BCUT2D eigenvalue weighted by atomic mass is 9.44. The third-order valence-electron chi connectivity index (χ3n) is 9.64. The Balaban J connectivity index is 1.62. The summed E-state index contributed by atoms with van der Waals surface area (Å²) in [6.45, 7) is 6.83. The van der Waals surface area contributed by atoms with E-state index in [0.29, 0.717) is 36.0 Å². The van der Waals surface area contributed by atoms with Gasteiger partial charge in [-0.1, -0.05) is 20.8 Å². The van der Waals surface area contributed by atoms with E-state index in [2.05, 4.69) is 20.8 Å². The Morgan fingerprint density at radius 2 is 1.93 bits per heavy atom. The highest BCUT2D eigenvalue weighted by Crippen LogP contribution is 2.68. The highest BCUT2D eigenvalue weighted by Gasteiger charge is 2.60. The molecule has 4 saturated carbocycles. The molecule has 0 aliphatic heterocycles. The van der Waals surface area contributed by atoms with E-state index in [-0.39, 0.29) is 35.7 Å². The van der Waals surface area contributed by atoms with E-state index in [1.807, 2.05) is 0 Å². The zero-order valence-electron chi connectivity index (χ0n) is 19.4. The number of rotatable bonds is 4. The van der Waals surface area contributed by atoms with Crippen LogP contribution < -0.4 is 0 Å². The van der Waals surface area contributed by atoms with Crippen LogP contribution in [0.5, 0.6) is 0 Å². The van der Waals surface area contributed by atoms with Crippen LogP contribution in [0.4, 0.5) is 0 Å². The van der Waals surface area contributed by atoms with E-state index in [1.54, 1.807) is 0 Å². The molecule has 4 fully saturated rings. The van der Waals surface area contributed by atoms with Gasteiger partial charge in [0.25, 0.3) is 0 Å². The Kier molecular flexibility index (Phi) is 4.51. The van der Waals surface area contributed by atoms with Crippen LogP contribution in [-0.4, -0.2) is 22.3 Å². The summed E-state index contributed by atoms with van der Waals surface area (Å²) in [5, 5.41) is 19.3. The summed E-state index contributed by atoms with van der Waals surface area (Å²) in [7, 11) is 0. The Hall–Kier alpha value is -0.570. The number of hydrogen-bond acceptors (Lipinski definition) is 2. The smallest absolute Gasteiger partial charge is 0.303 e. The van der Waals surface area contributed by atoms with Crippen LogP contribution in [0.2, 0.25) is 0 Å². The van der Waals surface area contributed by atoms with E-state index in [1.165, 1.54) is 0 Å². The summed E-state index contributed by atoms with van der Waals surface area (Å²) in [6, 6.07) is 0. The van der Waals surface area contributed by atoms with Crippen LogP contribution in [0.25, 0.3) is 0 Å². The van der Waals surface area contributed by atoms with Crippen LogP contribution in [0.15, 0.2) is 0 Å². The molecular formula is C24H40O3. The van der Waals surface area contributed by atoms with Crippen molar-refractivity contribution in [1.29, 1.82) is 0 Å². The van der Waals surface area contributed by atoms with Crippen LogP contribution in [0, 0.1) is 46.3 Å². The van der Waals surface area contributed by atoms with Crippen molar-refractivity contribution in [3.8, 4) is 0 Å². The highest BCUT2D eigenvalue weighted by atomic mass is 16.4. The molecule has 0 heterocycles. The van der Waals surface area contributed by atoms with Gasteiger partial charge in [-0.2, -0.15) is 0 Å². The third-order valence-corrected chi connectivity index (χ3v) is 9.64. The molecule has 0 amide bonds. The van der Waals surface area contributed by atoms with E-state index in [0.717, 1.165) is 44.9 Å². The zero-order chi connectivity index (χ0) is 21.1. The van der Waals surface area contributed by atoms with Crippen LogP contribution in [0.3, 0.4) is 0 Å². The fourth-order valence-corrected chi connectivity index (χ4v) is 8.10. The number of hydrogen-bond donors (Lipinski definition) is 2. The lowest BCUT2D eigenvalue weighted by Gasteiger charge is -2.61. The van der Waals surface area contributed by atoms with E-state index in [4.69, 9.17) is 5.11 Å². The predicted molar refractivity (Wildman–Crippen MR) is 107 cm³/mol.